The zero-order valence-corrected chi connectivity index (χ0v) is 21.1. The maximum atomic E-state index is 14.1. The topological polar surface area (TPSA) is 101 Å². The monoisotopic (exact) mass is 478 g/mol. The number of hydrogen-bond acceptors (Lipinski definition) is 5. The standard InChI is InChI=1S/C29H34O6/c1-16(2)12-13-29(15-17(3)4)27(33)23(21(14-22(30)31)20-10-8-7-9-11-20)26-24(28(29)34)25(32)18(5)19(6)35-26/h7-11,15,18-19,21,33H,1,12-14H2,2-6H3,(H,30,31)/t18-,19+,21?,29?/m1/s1. The van der Waals surface area contributed by atoms with Gasteiger partial charge < -0.3 is 14.9 Å². The fraction of sp³-hybridized carbons (Fsp3) is 0.414. The SMILES string of the molecule is C=C(C)CCC1(C=C(C)C)C(=O)C2=C(O[C@@H](C)[C@@H](C)C2=O)C(C(CC(=O)O)c2ccccc2)=C1O. The number of aliphatic carboxylic acids is 1. The molecule has 1 aliphatic heterocycles. The van der Waals surface area contributed by atoms with E-state index in [0.29, 0.717) is 12.0 Å². The van der Waals surface area contributed by atoms with E-state index in [1.165, 1.54) is 0 Å². The van der Waals surface area contributed by atoms with Crippen LogP contribution in [0.5, 0.6) is 0 Å². The zero-order valence-electron chi connectivity index (χ0n) is 21.1. The second-order valence-corrected chi connectivity index (χ2v) is 9.98. The Morgan fingerprint density at radius 2 is 1.80 bits per heavy atom. The number of carbonyl (C=O) groups excluding carboxylic acids is 2. The number of Topliss-reactive ketones (excluding diaryl/α,β-unsaturated/α-hetero) is 2. The Hall–Kier alpha value is -3.41. The van der Waals surface area contributed by atoms with Crippen LogP contribution in [0.2, 0.25) is 0 Å². The van der Waals surface area contributed by atoms with Crippen molar-refractivity contribution in [2.75, 3.05) is 0 Å². The molecule has 0 amide bonds. The number of aliphatic hydroxyl groups excluding tert-OH is 1. The van der Waals surface area contributed by atoms with Gasteiger partial charge in [0, 0.05) is 11.5 Å². The maximum Gasteiger partial charge on any atom is 0.304 e. The highest BCUT2D eigenvalue weighted by Crippen LogP contribution is 2.52. The Morgan fingerprint density at radius 1 is 1.17 bits per heavy atom. The Morgan fingerprint density at radius 3 is 2.34 bits per heavy atom. The molecule has 186 valence electrons. The van der Waals surface area contributed by atoms with Gasteiger partial charge in [-0.3, -0.25) is 14.4 Å². The minimum atomic E-state index is -1.52. The third-order valence-corrected chi connectivity index (χ3v) is 6.86. The molecule has 3 rings (SSSR count). The van der Waals surface area contributed by atoms with Crippen molar-refractivity contribution < 1.29 is 29.3 Å². The van der Waals surface area contributed by atoms with Crippen molar-refractivity contribution in [2.24, 2.45) is 11.3 Å². The number of aliphatic hydroxyl groups is 1. The van der Waals surface area contributed by atoms with Crippen LogP contribution in [0.1, 0.15) is 65.4 Å². The molecule has 1 aromatic rings. The lowest BCUT2D eigenvalue weighted by Crippen LogP contribution is -2.46. The summed E-state index contributed by atoms with van der Waals surface area (Å²) in [5.41, 5.74) is 0.845. The lowest BCUT2D eigenvalue weighted by Gasteiger charge is -2.42. The van der Waals surface area contributed by atoms with Gasteiger partial charge in [0.15, 0.2) is 11.6 Å². The second-order valence-electron chi connectivity index (χ2n) is 9.98. The first-order valence-corrected chi connectivity index (χ1v) is 11.9. The van der Waals surface area contributed by atoms with Crippen LogP contribution in [-0.2, 0) is 19.1 Å². The van der Waals surface area contributed by atoms with Gasteiger partial charge in [-0.25, -0.2) is 0 Å². The van der Waals surface area contributed by atoms with Gasteiger partial charge in [0.05, 0.1) is 12.3 Å². The van der Waals surface area contributed by atoms with Crippen LogP contribution < -0.4 is 0 Å². The minimum Gasteiger partial charge on any atom is -0.510 e. The molecule has 1 aliphatic carbocycles. The molecule has 4 atom stereocenters. The summed E-state index contributed by atoms with van der Waals surface area (Å²) in [6.07, 6.45) is 1.44. The van der Waals surface area contributed by atoms with Crippen molar-refractivity contribution in [1.82, 2.24) is 0 Å². The lowest BCUT2D eigenvalue weighted by molar-refractivity contribution is -0.137. The molecule has 0 saturated carbocycles. The van der Waals surface area contributed by atoms with E-state index in [-0.39, 0.29) is 41.3 Å². The zero-order chi connectivity index (χ0) is 26.1. The number of ether oxygens (including phenoxy) is 1. The van der Waals surface area contributed by atoms with Crippen molar-refractivity contribution in [3.05, 3.63) is 82.4 Å². The van der Waals surface area contributed by atoms with Gasteiger partial charge in [-0.15, -0.1) is 6.58 Å². The normalized spacial score (nSPS) is 25.1. The highest BCUT2D eigenvalue weighted by molar-refractivity contribution is 6.26. The molecule has 0 radical (unpaired) electrons. The molecule has 1 heterocycles. The van der Waals surface area contributed by atoms with Gasteiger partial charge in [-0.2, -0.15) is 0 Å². The van der Waals surface area contributed by atoms with Gasteiger partial charge in [-0.1, -0.05) is 54.5 Å². The number of rotatable bonds is 8. The highest BCUT2D eigenvalue weighted by Gasteiger charge is 2.54. The van der Waals surface area contributed by atoms with Crippen LogP contribution >= 0.6 is 0 Å². The first kappa shape index (κ1) is 26.2. The van der Waals surface area contributed by atoms with Crippen LogP contribution in [0, 0.1) is 11.3 Å². The van der Waals surface area contributed by atoms with E-state index in [1.54, 1.807) is 44.2 Å². The molecule has 2 aliphatic rings. The number of ketones is 2. The molecule has 0 fully saturated rings. The van der Waals surface area contributed by atoms with E-state index in [2.05, 4.69) is 6.58 Å². The van der Waals surface area contributed by atoms with Crippen LogP contribution in [0.15, 0.2) is 76.8 Å². The van der Waals surface area contributed by atoms with E-state index < -0.39 is 35.1 Å². The highest BCUT2D eigenvalue weighted by atomic mass is 16.5. The predicted molar refractivity (Wildman–Crippen MR) is 134 cm³/mol. The van der Waals surface area contributed by atoms with E-state index in [9.17, 15) is 24.6 Å². The van der Waals surface area contributed by atoms with Gasteiger partial charge >= 0.3 is 5.97 Å². The summed E-state index contributed by atoms with van der Waals surface area (Å²) in [7, 11) is 0. The smallest absolute Gasteiger partial charge is 0.304 e. The summed E-state index contributed by atoms with van der Waals surface area (Å²) in [5.74, 6) is -3.56. The first-order valence-electron chi connectivity index (χ1n) is 11.9. The average molecular weight is 479 g/mol. The largest absolute Gasteiger partial charge is 0.510 e. The summed E-state index contributed by atoms with van der Waals surface area (Å²) >= 11 is 0. The Balaban J connectivity index is 2.42. The summed E-state index contributed by atoms with van der Waals surface area (Å²) < 4.78 is 6.12. The van der Waals surface area contributed by atoms with Gasteiger partial charge in [0.25, 0.3) is 0 Å². The number of allylic oxidation sites excluding steroid dienone is 5. The van der Waals surface area contributed by atoms with Crippen molar-refractivity contribution in [1.29, 1.82) is 0 Å². The Kier molecular flexibility index (Phi) is 7.53. The molecule has 1 aromatic carbocycles. The molecule has 0 spiro atoms. The predicted octanol–water partition coefficient (Wildman–Crippen LogP) is 5.83. The van der Waals surface area contributed by atoms with Gasteiger partial charge in [-0.05, 0) is 46.1 Å². The molecule has 0 bridgehead atoms. The number of benzene rings is 1. The minimum absolute atomic E-state index is 0.00584. The first-order chi connectivity index (χ1) is 16.4. The number of carbonyl (C=O) groups is 3. The average Bonchev–Trinajstić information content (AvgIpc) is 2.78. The summed E-state index contributed by atoms with van der Waals surface area (Å²) in [5, 5.41) is 21.7. The second kappa shape index (κ2) is 10.1. The number of carboxylic acid groups (broad SMARTS) is 1. The van der Waals surface area contributed by atoms with Gasteiger partial charge in [0.2, 0.25) is 0 Å². The van der Waals surface area contributed by atoms with Crippen molar-refractivity contribution in [2.45, 2.75) is 65.9 Å². The third-order valence-electron chi connectivity index (χ3n) is 6.86. The molecule has 0 saturated heterocycles. The molecule has 6 heteroatoms. The Bertz CT molecular complexity index is 1150. The lowest BCUT2D eigenvalue weighted by atomic mass is 9.64. The van der Waals surface area contributed by atoms with Crippen LogP contribution in [0.25, 0.3) is 0 Å². The summed E-state index contributed by atoms with van der Waals surface area (Å²) in [4.78, 5) is 39.6. The Labute approximate surface area is 206 Å². The van der Waals surface area contributed by atoms with Crippen molar-refractivity contribution in [3.8, 4) is 0 Å². The van der Waals surface area contributed by atoms with Crippen LogP contribution in [-0.4, -0.2) is 33.9 Å². The summed E-state index contributed by atoms with van der Waals surface area (Å²) in [6, 6.07) is 8.94. The molecule has 6 nitrogen and oxygen atoms in total. The summed E-state index contributed by atoms with van der Waals surface area (Å²) in [6.45, 7) is 12.9. The van der Waals surface area contributed by atoms with Crippen LogP contribution in [0.4, 0.5) is 0 Å². The molecule has 35 heavy (non-hydrogen) atoms. The number of hydrogen-bond donors (Lipinski definition) is 2. The fourth-order valence-electron chi connectivity index (χ4n) is 4.90. The quantitative estimate of drug-likeness (QED) is 0.360. The molecular formula is C29H34O6. The van der Waals surface area contributed by atoms with E-state index in [4.69, 9.17) is 4.74 Å². The van der Waals surface area contributed by atoms with E-state index in [1.807, 2.05) is 26.8 Å². The van der Waals surface area contributed by atoms with Crippen molar-refractivity contribution >= 4 is 17.5 Å². The molecule has 2 unspecified atom stereocenters. The van der Waals surface area contributed by atoms with E-state index >= 15 is 0 Å². The van der Waals surface area contributed by atoms with Gasteiger partial charge in [0.1, 0.15) is 28.6 Å². The molecule has 0 aromatic heterocycles. The van der Waals surface area contributed by atoms with Crippen molar-refractivity contribution in [3.63, 3.8) is 0 Å². The number of carboxylic acids is 1. The fourth-order valence-corrected chi connectivity index (χ4v) is 4.90. The van der Waals surface area contributed by atoms with Crippen LogP contribution in [0.3, 0.4) is 0 Å². The molecule has 2 N–H and O–H groups in total. The third kappa shape index (κ3) is 4.88. The maximum absolute atomic E-state index is 14.1. The molecular weight excluding hydrogens is 444 g/mol. The van der Waals surface area contributed by atoms with E-state index in [0.717, 1.165) is 11.1 Å².